The second-order valence-electron chi connectivity index (χ2n) is 5.84. The number of carbonyl (C=O) groups excluding carboxylic acids is 1. The molecular weight excluding hydrogens is 320 g/mol. The van der Waals surface area contributed by atoms with E-state index >= 15 is 0 Å². The maximum Gasteiger partial charge on any atom is 0.274 e. The third kappa shape index (κ3) is 3.26. The van der Waals surface area contributed by atoms with Crippen LogP contribution in [0.4, 0.5) is 5.69 Å². The number of nitrogens with zero attached hydrogens (tertiary/aromatic N) is 3. The van der Waals surface area contributed by atoms with Crippen LogP contribution in [0.3, 0.4) is 0 Å². The van der Waals surface area contributed by atoms with Crippen LogP contribution in [0.5, 0.6) is 11.5 Å². The number of benzene rings is 1. The molecule has 0 fully saturated rings. The van der Waals surface area contributed by atoms with Crippen LogP contribution in [0.15, 0.2) is 36.5 Å². The molecule has 25 heavy (non-hydrogen) atoms. The number of rotatable bonds is 5. The predicted molar refractivity (Wildman–Crippen MR) is 94.6 cm³/mol. The Labute approximate surface area is 145 Å². The third-order valence-corrected chi connectivity index (χ3v) is 3.87. The fourth-order valence-corrected chi connectivity index (χ4v) is 2.56. The van der Waals surface area contributed by atoms with E-state index in [1.807, 2.05) is 13.8 Å². The van der Waals surface area contributed by atoms with Crippen LogP contribution in [0.25, 0.3) is 5.65 Å². The summed E-state index contributed by atoms with van der Waals surface area (Å²) in [7, 11) is 3.11. The Hall–Kier alpha value is -3.09. The normalized spacial score (nSPS) is 10.9. The highest BCUT2D eigenvalue weighted by Gasteiger charge is 2.16. The second kappa shape index (κ2) is 6.80. The zero-order valence-electron chi connectivity index (χ0n) is 14.6. The number of methoxy groups -OCH3 is 2. The minimum atomic E-state index is -0.322. The van der Waals surface area contributed by atoms with Crippen LogP contribution in [0.1, 0.15) is 35.9 Å². The van der Waals surface area contributed by atoms with Crippen molar-refractivity contribution in [3.8, 4) is 11.5 Å². The zero-order valence-corrected chi connectivity index (χ0v) is 14.6. The molecule has 0 bridgehead atoms. The van der Waals surface area contributed by atoms with E-state index in [9.17, 15) is 4.79 Å². The van der Waals surface area contributed by atoms with Crippen molar-refractivity contribution in [2.24, 2.45) is 0 Å². The summed E-state index contributed by atoms with van der Waals surface area (Å²) in [5, 5.41) is 7.10. The van der Waals surface area contributed by atoms with Gasteiger partial charge in [0.15, 0.2) is 5.65 Å². The summed E-state index contributed by atoms with van der Waals surface area (Å²) in [6.45, 7) is 4.09. The van der Waals surface area contributed by atoms with Gasteiger partial charge in [0.05, 0.1) is 26.1 Å². The van der Waals surface area contributed by atoms with Crippen LogP contribution in [0, 0.1) is 0 Å². The van der Waals surface area contributed by atoms with E-state index < -0.39 is 0 Å². The van der Waals surface area contributed by atoms with Crippen molar-refractivity contribution in [2.75, 3.05) is 19.5 Å². The lowest BCUT2D eigenvalue weighted by Gasteiger charge is -2.13. The zero-order chi connectivity index (χ0) is 18.0. The molecule has 0 atom stereocenters. The lowest BCUT2D eigenvalue weighted by molar-refractivity contribution is 0.102. The average Bonchev–Trinajstić information content (AvgIpc) is 3.09. The first-order chi connectivity index (χ1) is 12.0. The van der Waals surface area contributed by atoms with E-state index in [-0.39, 0.29) is 11.8 Å². The molecule has 2 heterocycles. The molecule has 130 valence electrons. The van der Waals surface area contributed by atoms with Gasteiger partial charge >= 0.3 is 0 Å². The number of hydrogen-bond acceptors (Lipinski definition) is 5. The minimum absolute atomic E-state index is 0.198. The van der Waals surface area contributed by atoms with E-state index in [0.717, 1.165) is 5.69 Å². The molecule has 0 aliphatic heterocycles. The fraction of sp³-hybridized carbons (Fsp3) is 0.278. The Kier molecular flexibility index (Phi) is 4.56. The van der Waals surface area contributed by atoms with E-state index in [4.69, 9.17) is 9.47 Å². The fourth-order valence-electron chi connectivity index (χ4n) is 2.56. The highest BCUT2D eigenvalue weighted by molar-refractivity contribution is 6.04. The summed E-state index contributed by atoms with van der Waals surface area (Å²) in [6.07, 6.45) is 1.67. The maximum absolute atomic E-state index is 12.7. The molecule has 3 aromatic rings. The van der Waals surface area contributed by atoms with Gasteiger partial charge in [-0.05, 0) is 24.1 Å². The van der Waals surface area contributed by atoms with Crippen molar-refractivity contribution < 1.29 is 14.3 Å². The largest absolute Gasteiger partial charge is 0.497 e. The number of aromatic nitrogens is 3. The number of anilines is 1. The Balaban J connectivity index is 1.98. The average molecular weight is 340 g/mol. The van der Waals surface area contributed by atoms with Gasteiger partial charge in [-0.25, -0.2) is 9.50 Å². The molecule has 0 aliphatic carbocycles. The van der Waals surface area contributed by atoms with Gasteiger partial charge in [0, 0.05) is 17.8 Å². The Bertz CT molecular complexity index is 918. The van der Waals surface area contributed by atoms with Crippen molar-refractivity contribution in [3.63, 3.8) is 0 Å². The number of ether oxygens (including phenoxy) is 2. The molecule has 0 unspecified atom stereocenters. The van der Waals surface area contributed by atoms with Crippen molar-refractivity contribution in [2.45, 2.75) is 19.8 Å². The molecule has 1 N–H and O–H groups in total. The lowest BCUT2D eigenvalue weighted by atomic mass is 10.1. The van der Waals surface area contributed by atoms with E-state index in [1.165, 1.54) is 0 Å². The van der Waals surface area contributed by atoms with Crippen molar-refractivity contribution >= 4 is 17.2 Å². The smallest absolute Gasteiger partial charge is 0.274 e. The van der Waals surface area contributed by atoms with Gasteiger partial charge in [-0.15, -0.1) is 0 Å². The second-order valence-corrected chi connectivity index (χ2v) is 5.84. The Morgan fingerprint density at radius 3 is 2.64 bits per heavy atom. The molecule has 0 saturated heterocycles. The number of hydrogen-bond donors (Lipinski definition) is 1. The third-order valence-electron chi connectivity index (χ3n) is 3.87. The summed E-state index contributed by atoms with van der Waals surface area (Å²) < 4.78 is 12.2. The summed E-state index contributed by atoms with van der Waals surface area (Å²) in [6, 6.07) is 8.74. The number of nitrogens with one attached hydrogen (secondary N) is 1. The monoisotopic (exact) mass is 340 g/mol. The van der Waals surface area contributed by atoms with Crippen LogP contribution >= 0.6 is 0 Å². The highest BCUT2D eigenvalue weighted by Crippen LogP contribution is 2.29. The topological polar surface area (TPSA) is 77.8 Å². The van der Waals surface area contributed by atoms with Crippen molar-refractivity contribution in [3.05, 3.63) is 47.9 Å². The molecular formula is C18H20N4O3. The minimum Gasteiger partial charge on any atom is -0.497 e. The summed E-state index contributed by atoms with van der Waals surface area (Å²) in [5.41, 5.74) is 2.39. The Morgan fingerprint density at radius 2 is 1.96 bits per heavy atom. The maximum atomic E-state index is 12.7. The van der Waals surface area contributed by atoms with Crippen molar-refractivity contribution in [1.82, 2.24) is 14.6 Å². The molecule has 0 spiro atoms. The van der Waals surface area contributed by atoms with Gasteiger partial charge in [0.2, 0.25) is 0 Å². The van der Waals surface area contributed by atoms with Gasteiger partial charge in [0.25, 0.3) is 5.91 Å². The van der Waals surface area contributed by atoms with Gasteiger partial charge in [-0.1, -0.05) is 13.8 Å². The van der Waals surface area contributed by atoms with Gasteiger partial charge in [0.1, 0.15) is 17.2 Å². The van der Waals surface area contributed by atoms with Crippen LogP contribution in [-0.4, -0.2) is 34.7 Å². The van der Waals surface area contributed by atoms with Gasteiger partial charge < -0.3 is 14.8 Å². The summed E-state index contributed by atoms with van der Waals surface area (Å²) in [5.74, 6) is 1.04. The molecule has 1 amide bonds. The number of fused-ring (bicyclic) bond motifs is 1. The van der Waals surface area contributed by atoms with Crippen LogP contribution in [-0.2, 0) is 0 Å². The molecule has 2 aromatic heterocycles. The van der Waals surface area contributed by atoms with E-state index in [0.29, 0.717) is 28.5 Å². The molecule has 0 aliphatic rings. The first kappa shape index (κ1) is 16.8. The molecule has 3 rings (SSSR count). The first-order valence-corrected chi connectivity index (χ1v) is 7.91. The predicted octanol–water partition coefficient (Wildman–Crippen LogP) is 3.12. The standard InChI is InChI=1S/C18H20N4O3/c1-11(2)15-10-14(20-17-7-8-19-22(15)17)18(23)21-13-9-12(24-3)5-6-16(13)25-4/h5-11H,1-4H3,(H,21,23). The van der Waals surface area contributed by atoms with Gasteiger partial charge in [-0.2, -0.15) is 5.10 Å². The first-order valence-electron chi connectivity index (χ1n) is 7.91. The highest BCUT2D eigenvalue weighted by atomic mass is 16.5. The quantitative estimate of drug-likeness (QED) is 0.772. The Morgan fingerprint density at radius 1 is 1.16 bits per heavy atom. The number of amides is 1. The molecule has 0 saturated carbocycles. The van der Waals surface area contributed by atoms with Crippen LogP contribution in [0.2, 0.25) is 0 Å². The van der Waals surface area contributed by atoms with Crippen molar-refractivity contribution in [1.29, 1.82) is 0 Å². The molecule has 0 radical (unpaired) electrons. The number of carbonyl (C=O) groups is 1. The SMILES string of the molecule is COc1ccc(OC)c(NC(=O)c2cc(C(C)C)n3nccc3n2)c1. The van der Waals surface area contributed by atoms with Gasteiger partial charge in [-0.3, -0.25) is 4.79 Å². The lowest BCUT2D eigenvalue weighted by Crippen LogP contribution is -2.16. The summed E-state index contributed by atoms with van der Waals surface area (Å²) >= 11 is 0. The molecule has 7 heteroatoms. The molecule has 7 nitrogen and oxygen atoms in total. The molecule has 1 aromatic carbocycles. The van der Waals surface area contributed by atoms with E-state index in [1.54, 1.807) is 55.3 Å². The van der Waals surface area contributed by atoms with Crippen LogP contribution < -0.4 is 14.8 Å². The summed E-state index contributed by atoms with van der Waals surface area (Å²) in [4.78, 5) is 17.1. The van der Waals surface area contributed by atoms with E-state index in [2.05, 4.69) is 15.4 Å².